The number of nitrogens with zero attached hydrogens (tertiary/aromatic N) is 2. The van der Waals surface area contributed by atoms with Crippen molar-refractivity contribution in [3.63, 3.8) is 0 Å². The SMILES string of the molecule is Cc1cc(CN)cc(Oc2ccc3cccnc3c2)n1. The number of fused-ring (bicyclic) bond motifs is 1. The van der Waals surface area contributed by atoms with Crippen molar-refractivity contribution in [2.75, 3.05) is 0 Å². The summed E-state index contributed by atoms with van der Waals surface area (Å²) in [5, 5.41) is 1.08. The molecule has 0 spiro atoms. The lowest BCUT2D eigenvalue weighted by atomic mass is 10.2. The summed E-state index contributed by atoms with van der Waals surface area (Å²) in [6.07, 6.45) is 1.77. The lowest BCUT2D eigenvalue weighted by Crippen LogP contribution is -1.99. The number of nitrogens with two attached hydrogens (primary N) is 1. The molecule has 100 valence electrons. The number of hydrogen-bond donors (Lipinski definition) is 1. The number of benzene rings is 1. The van der Waals surface area contributed by atoms with Crippen LogP contribution in [0.4, 0.5) is 0 Å². The van der Waals surface area contributed by atoms with Crippen LogP contribution in [0.2, 0.25) is 0 Å². The van der Waals surface area contributed by atoms with E-state index in [1.807, 2.05) is 49.4 Å². The summed E-state index contributed by atoms with van der Waals surface area (Å²) in [5.74, 6) is 1.28. The molecule has 0 aliphatic rings. The molecule has 0 aliphatic carbocycles. The molecule has 0 atom stereocenters. The number of ether oxygens (including phenoxy) is 1. The highest BCUT2D eigenvalue weighted by molar-refractivity contribution is 5.79. The van der Waals surface area contributed by atoms with Crippen LogP contribution in [0.1, 0.15) is 11.3 Å². The second kappa shape index (κ2) is 5.27. The topological polar surface area (TPSA) is 61.0 Å². The van der Waals surface area contributed by atoms with Crippen molar-refractivity contribution < 1.29 is 4.74 Å². The van der Waals surface area contributed by atoms with Crippen molar-refractivity contribution in [3.05, 3.63) is 59.9 Å². The minimum absolute atomic E-state index is 0.471. The van der Waals surface area contributed by atoms with Crippen LogP contribution >= 0.6 is 0 Å². The third kappa shape index (κ3) is 2.60. The number of rotatable bonds is 3. The van der Waals surface area contributed by atoms with Gasteiger partial charge in [-0.3, -0.25) is 4.98 Å². The van der Waals surface area contributed by atoms with Crippen LogP contribution in [0.25, 0.3) is 10.9 Å². The van der Waals surface area contributed by atoms with E-state index in [9.17, 15) is 0 Å². The Kier molecular flexibility index (Phi) is 3.31. The number of aromatic nitrogens is 2. The Morgan fingerprint density at radius 3 is 2.90 bits per heavy atom. The molecule has 0 fully saturated rings. The van der Waals surface area contributed by atoms with Gasteiger partial charge < -0.3 is 10.5 Å². The molecule has 0 unspecified atom stereocenters. The molecular formula is C16H15N3O. The fraction of sp³-hybridized carbons (Fsp3) is 0.125. The lowest BCUT2D eigenvalue weighted by Gasteiger charge is -2.08. The van der Waals surface area contributed by atoms with E-state index in [2.05, 4.69) is 9.97 Å². The fourth-order valence-electron chi connectivity index (χ4n) is 2.11. The van der Waals surface area contributed by atoms with Gasteiger partial charge in [0, 0.05) is 36.0 Å². The molecule has 0 saturated carbocycles. The molecule has 4 nitrogen and oxygen atoms in total. The summed E-state index contributed by atoms with van der Waals surface area (Å²) in [6, 6.07) is 13.5. The quantitative estimate of drug-likeness (QED) is 0.790. The number of pyridine rings is 2. The van der Waals surface area contributed by atoms with E-state index >= 15 is 0 Å². The van der Waals surface area contributed by atoms with E-state index < -0.39 is 0 Å². The Hall–Kier alpha value is -2.46. The van der Waals surface area contributed by atoms with Crippen molar-refractivity contribution in [1.29, 1.82) is 0 Å². The highest BCUT2D eigenvalue weighted by Crippen LogP contribution is 2.24. The first-order valence-corrected chi connectivity index (χ1v) is 6.45. The second-order valence-electron chi connectivity index (χ2n) is 4.62. The smallest absolute Gasteiger partial charge is 0.219 e. The van der Waals surface area contributed by atoms with Gasteiger partial charge in [-0.15, -0.1) is 0 Å². The highest BCUT2D eigenvalue weighted by Gasteiger charge is 2.03. The van der Waals surface area contributed by atoms with Crippen LogP contribution in [0.15, 0.2) is 48.7 Å². The molecule has 0 saturated heterocycles. The molecule has 2 heterocycles. The molecule has 2 aromatic heterocycles. The zero-order chi connectivity index (χ0) is 13.9. The average molecular weight is 265 g/mol. The van der Waals surface area contributed by atoms with Gasteiger partial charge in [0.25, 0.3) is 0 Å². The molecule has 4 heteroatoms. The maximum absolute atomic E-state index is 5.80. The predicted octanol–water partition coefficient (Wildman–Crippen LogP) is 3.19. The number of hydrogen-bond acceptors (Lipinski definition) is 4. The first kappa shape index (κ1) is 12.6. The summed E-state index contributed by atoms with van der Waals surface area (Å²) in [4.78, 5) is 8.67. The maximum Gasteiger partial charge on any atom is 0.219 e. The van der Waals surface area contributed by atoms with Gasteiger partial charge in [0.15, 0.2) is 0 Å². The Labute approximate surface area is 117 Å². The predicted molar refractivity (Wildman–Crippen MR) is 78.7 cm³/mol. The molecule has 1 aromatic carbocycles. The van der Waals surface area contributed by atoms with E-state index in [0.29, 0.717) is 12.4 Å². The van der Waals surface area contributed by atoms with Crippen molar-refractivity contribution in [3.8, 4) is 11.6 Å². The minimum atomic E-state index is 0.471. The Morgan fingerprint density at radius 2 is 2.05 bits per heavy atom. The third-order valence-corrected chi connectivity index (χ3v) is 3.03. The van der Waals surface area contributed by atoms with Gasteiger partial charge in [0.05, 0.1) is 5.52 Å². The zero-order valence-corrected chi connectivity index (χ0v) is 11.2. The van der Waals surface area contributed by atoms with Gasteiger partial charge in [-0.25, -0.2) is 4.98 Å². The molecule has 3 aromatic rings. The first-order chi connectivity index (χ1) is 9.74. The Morgan fingerprint density at radius 1 is 1.15 bits per heavy atom. The minimum Gasteiger partial charge on any atom is -0.439 e. The molecule has 0 amide bonds. The maximum atomic E-state index is 5.80. The van der Waals surface area contributed by atoms with Gasteiger partial charge in [0.1, 0.15) is 5.75 Å². The van der Waals surface area contributed by atoms with Gasteiger partial charge in [0.2, 0.25) is 5.88 Å². The van der Waals surface area contributed by atoms with Crippen LogP contribution in [0.5, 0.6) is 11.6 Å². The van der Waals surface area contributed by atoms with Crippen molar-refractivity contribution in [2.45, 2.75) is 13.5 Å². The van der Waals surface area contributed by atoms with E-state index in [0.717, 1.165) is 27.9 Å². The fourth-order valence-corrected chi connectivity index (χ4v) is 2.11. The van der Waals surface area contributed by atoms with Crippen LogP contribution < -0.4 is 10.5 Å². The highest BCUT2D eigenvalue weighted by atomic mass is 16.5. The van der Waals surface area contributed by atoms with Gasteiger partial charge >= 0.3 is 0 Å². The largest absolute Gasteiger partial charge is 0.439 e. The summed E-state index contributed by atoms with van der Waals surface area (Å²) < 4.78 is 5.80. The Balaban J connectivity index is 1.94. The number of aryl methyl sites for hydroxylation is 1. The average Bonchev–Trinajstić information content (AvgIpc) is 2.46. The summed E-state index contributed by atoms with van der Waals surface area (Å²) in [5.41, 5.74) is 8.46. The van der Waals surface area contributed by atoms with Crippen molar-refractivity contribution >= 4 is 10.9 Å². The van der Waals surface area contributed by atoms with Crippen molar-refractivity contribution in [1.82, 2.24) is 9.97 Å². The summed E-state index contributed by atoms with van der Waals surface area (Å²) in [7, 11) is 0. The van der Waals surface area contributed by atoms with Gasteiger partial charge in [-0.05, 0) is 36.8 Å². The van der Waals surface area contributed by atoms with Crippen LogP contribution in [0.3, 0.4) is 0 Å². The van der Waals surface area contributed by atoms with Crippen LogP contribution in [-0.4, -0.2) is 9.97 Å². The molecule has 20 heavy (non-hydrogen) atoms. The first-order valence-electron chi connectivity index (χ1n) is 6.45. The lowest BCUT2D eigenvalue weighted by molar-refractivity contribution is 0.461. The molecule has 0 radical (unpaired) electrons. The summed E-state index contributed by atoms with van der Waals surface area (Å²) in [6.45, 7) is 2.40. The second-order valence-corrected chi connectivity index (χ2v) is 4.62. The molecule has 0 bridgehead atoms. The van der Waals surface area contributed by atoms with Gasteiger partial charge in [-0.2, -0.15) is 0 Å². The molecule has 2 N–H and O–H groups in total. The Bertz CT molecular complexity index is 756. The van der Waals surface area contributed by atoms with Crippen molar-refractivity contribution in [2.24, 2.45) is 5.73 Å². The standard InChI is InChI=1S/C16H15N3O/c1-11-7-12(10-17)8-16(19-11)20-14-5-4-13-3-2-6-18-15(13)9-14/h2-9H,10,17H2,1H3. The summed E-state index contributed by atoms with van der Waals surface area (Å²) >= 11 is 0. The zero-order valence-electron chi connectivity index (χ0n) is 11.2. The van der Waals surface area contributed by atoms with E-state index in [1.165, 1.54) is 0 Å². The van der Waals surface area contributed by atoms with E-state index in [-0.39, 0.29) is 0 Å². The van der Waals surface area contributed by atoms with Gasteiger partial charge in [-0.1, -0.05) is 6.07 Å². The molecule has 3 rings (SSSR count). The van der Waals surface area contributed by atoms with Crippen LogP contribution in [0, 0.1) is 6.92 Å². The van der Waals surface area contributed by atoms with E-state index in [4.69, 9.17) is 10.5 Å². The van der Waals surface area contributed by atoms with Crippen LogP contribution in [-0.2, 0) is 6.54 Å². The monoisotopic (exact) mass is 265 g/mol. The van der Waals surface area contributed by atoms with E-state index in [1.54, 1.807) is 6.20 Å². The third-order valence-electron chi connectivity index (χ3n) is 3.03. The molecular weight excluding hydrogens is 250 g/mol. The molecule has 0 aliphatic heterocycles. The normalized spacial score (nSPS) is 10.7.